The van der Waals surface area contributed by atoms with Gasteiger partial charge in [-0.1, -0.05) is 13.0 Å². The molecule has 1 aliphatic rings. The van der Waals surface area contributed by atoms with Crippen molar-refractivity contribution in [2.75, 3.05) is 19.6 Å². The topological polar surface area (TPSA) is 40.5 Å². The first-order chi connectivity index (χ1) is 6.65. The summed E-state index contributed by atoms with van der Waals surface area (Å²) in [7, 11) is 0. The highest BCUT2D eigenvalue weighted by molar-refractivity contribution is 5.71. The monoisotopic (exact) mass is 197 g/mol. The molecule has 1 N–H and O–H groups in total. The molecule has 0 amide bonds. The number of rotatable bonds is 5. The Bertz CT molecular complexity index is 215. The largest absolute Gasteiger partial charge is 0.481 e. The Kier molecular flexibility index (Phi) is 4.14. The van der Waals surface area contributed by atoms with Gasteiger partial charge in [-0.25, -0.2) is 0 Å². The Morgan fingerprint density at radius 1 is 1.64 bits per heavy atom. The van der Waals surface area contributed by atoms with Gasteiger partial charge < -0.3 is 10.0 Å². The van der Waals surface area contributed by atoms with Gasteiger partial charge in [-0.3, -0.25) is 4.79 Å². The van der Waals surface area contributed by atoms with Crippen molar-refractivity contribution in [3.05, 3.63) is 12.7 Å². The van der Waals surface area contributed by atoms with Gasteiger partial charge >= 0.3 is 5.97 Å². The number of allylic oxidation sites excluding steroid dienone is 1. The molecule has 0 radical (unpaired) electrons. The Labute approximate surface area is 85.4 Å². The first-order valence-electron chi connectivity index (χ1n) is 5.21. The maximum absolute atomic E-state index is 10.8. The third kappa shape index (κ3) is 2.84. The summed E-state index contributed by atoms with van der Waals surface area (Å²) in [5.74, 6) is -0.529. The van der Waals surface area contributed by atoms with Crippen molar-refractivity contribution in [1.82, 2.24) is 4.90 Å². The molecule has 2 unspecified atom stereocenters. The first kappa shape index (κ1) is 11.2. The normalized spacial score (nSPS) is 27.8. The fourth-order valence-electron chi connectivity index (χ4n) is 2.03. The van der Waals surface area contributed by atoms with Crippen LogP contribution in [-0.2, 0) is 4.79 Å². The number of nitrogens with zero attached hydrogens (tertiary/aromatic N) is 1. The van der Waals surface area contributed by atoms with E-state index in [1.807, 2.05) is 13.0 Å². The van der Waals surface area contributed by atoms with Gasteiger partial charge in [-0.05, 0) is 25.3 Å². The van der Waals surface area contributed by atoms with E-state index in [-0.39, 0.29) is 11.8 Å². The molecule has 1 heterocycles. The second-order valence-electron chi connectivity index (χ2n) is 4.11. The van der Waals surface area contributed by atoms with E-state index in [4.69, 9.17) is 5.11 Å². The lowest BCUT2D eigenvalue weighted by atomic mass is 9.99. The molecular formula is C11H19NO2. The molecule has 0 bridgehead atoms. The minimum Gasteiger partial charge on any atom is -0.481 e. The number of unbranched alkanes of at least 4 members (excludes halogenated alkanes) is 1. The van der Waals surface area contributed by atoms with E-state index in [9.17, 15) is 4.79 Å². The van der Waals surface area contributed by atoms with Crippen LogP contribution in [-0.4, -0.2) is 35.6 Å². The fourth-order valence-corrected chi connectivity index (χ4v) is 2.03. The van der Waals surface area contributed by atoms with Gasteiger partial charge in [0.15, 0.2) is 0 Å². The highest BCUT2D eigenvalue weighted by Gasteiger charge is 2.33. The zero-order chi connectivity index (χ0) is 10.6. The lowest BCUT2D eigenvalue weighted by Gasteiger charge is -2.13. The lowest BCUT2D eigenvalue weighted by Crippen LogP contribution is -2.24. The van der Waals surface area contributed by atoms with E-state index in [0.29, 0.717) is 6.54 Å². The highest BCUT2D eigenvalue weighted by atomic mass is 16.4. The quantitative estimate of drug-likeness (QED) is 0.537. The number of hydrogen-bond donors (Lipinski definition) is 1. The van der Waals surface area contributed by atoms with Crippen molar-refractivity contribution in [1.29, 1.82) is 0 Å². The third-order valence-electron chi connectivity index (χ3n) is 2.89. The zero-order valence-corrected chi connectivity index (χ0v) is 8.78. The van der Waals surface area contributed by atoms with Gasteiger partial charge in [0.1, 0.15) is 0 Å². The summed E-state index contributed by atoms with van der Waals surface area (Å²) < 4.78 is 0. The molecule has 0 aliphatic carbocycles. The SMILES string of the molecule is C=CCCCN1CC(C)C(C(=O)O)C1. The molecule has 0 saturated carbocycles. The van der Waals surface area contributed by atoms with Crippen LogP contribution < -0.4 is 0 Å². The summed E-state index contributed by atoms with van der Waals surface area (Å²) >= 11 is 0. The number of carboxylic acids is 1. The molecular weight excluding hydrogens is 178 g/mol. The Balaban J connectivity index is 2.31. The fraction of sp³-hybridized carbons (Fsp3) is 0.727. The van der Waals surface area contributed by atoms with Crippen LogP contribution in [0, 0.1) is 11.8 Å². The van der Waals surface area contributed by atoms with E-state index >= 15 is 0 Å². The van der Waals surface area contributed by atoms with Crippen LogP contribution in [0.4, 0.5) is 0 Å². The van der Waals surface area contributed by atoms with Crippen molar-refractivity contribution >= 4 is 5.97 Å². The minimum atomic E-state index is -0.649. The lowest BCUT2D eigenvalue weighted by molar-refractivity contribution is -0.142. The number of carbonyl (C=O) groups is 1. The summed E-state index contributed by atoms with van der Waals surface area (Å²) in [6, 6.07) is 0. The predicted octanol–water partition coefficient (Wildman–Crippen LogP) is 1.61. The molecule has 0 aromatic heterocycles. The number of carboxylic acid groups (broad SMARTS) is 1. The standard InChI is InChI=1S/C11H19NO2/c1-3-4-5-6-12-7-9(2)10(8-12)11(13)14/h3,9-10H,1,4-8H2,2H3,(H,13,14). The molecule has 1 aliphatic heterocycles. The van der Waals surface area contributed by atoms with Gasteiger partial charge in [0.25, 0.3) is 0 Å². The Morgan fingerprint density at radius 2 is 2.36 bits per heavy atom. The van der Waals surface area contributed by atoms with Crippen LogP contribution in [0.25, 0.3) is 0 Å². The number of likely N-dealkylation sites (tertiary alicyclic amines) is 1. The number of hydrogen-bond acceptors (Lipinski definition) is 2. The summed E-state index contributed by atoms with van der Waals surface area (Å²) in [5.41, 5.74) is 0. The van der Waals surface area contributed by atoms with Gasteiger partial charge in [0, 0.05) is 13.1 Å². The van der Waals surface area contributed by atoms with Crippen molar-refractivity contribution in [3.63, 3.8) is 0 Å². The average Bonchev–Trinajstić information content (AvgIpc) is 2.47. The first-order valence-corrected chi connectivity index (χ1v) is 5.21. The molecule has 80 valence electrons. The van der Waals surface area contributed by atoms with Crippen LogP contribution in [0.1, 0.15) is 19.8 Å². The molecule has 14 heavy (non-hydrogen) atoms. The Hall–Kier alpha value is -0.830. The molecule has 1 saturated heterocycles. The molecule has 0 aromatic rings. The summed E-state index contributed by atoms with van der Waals surface area (Å²) in [6.07, 6.45) is 4.01. The van der Waals surface area contributed by atoms with Crippen LogP contribution in [0.2, 0.25) is 0 Å². The minimum absolute atomic E-state index is 0.168. The van der Waals surface area contributed by atoms with Crippen LogP contribution in [0.3, 0.4) is 0 Å². The summed E-state index contributed by atoms with van der Waals surface area (Å²) in [6.45, 7) is 8.33. The van der Waals surface area contributed by atoms with Crippen LogP contribution in [0.15, 0.2) is 12.7 Å². The van der Waals surface area contributed by atoms with Crippen molar-refractivity contribution in [2.24, 2.45) is 11.8 Å². The third-order valence-corrected chi connectivity index (χ3v) is 2.89. The van der Waals surface area contributed by atoms with Crippen molar-refractivity contribution < 1.29 is 9.90 Å². The predicted molar refractivity (Wildman–Crippen MR) is 56.2 cm³/mol. The molecule has 2 atom stereocenters. The van der Waals surface area contributed by atoms with E-state index in [1.165, 1.54) is 0 Å². The maximum Gasteiger partial charge on any atom is 0.308 e. The molecule has 3 nitrogen and oxygen atoms in total. The molecule has 3 heteroatoms. The zero-order valence-electron chi connectivity index (χ0n) is 8.78. The van der Waals surface area contributed by atoms with E-state index in [0.717, 1.165) is 25.9 Å². The van der Waals surface area contributed by atoms with Crippen LogP contribution in [0.5, 0.6) is 0 Å². The van der Waals surface area contributed by atoms with E-state index in [1.54, 1.807) is 0 Å². The van der Waals surface area contributed by atoms with Gasteiger partial charge in [-0.2, -0.15) is 0 Å². The average molecular weight is 197 g/mol. The van der Waals surface area contributed by atoms with Crippen molar-refractivity contribution in [3.8, 4) is 0 Å². The van der Waals surface area contributed by atoms with E-state index in [2.05, 4.69) is 11.5 Å². The highest BCUT2D eigenvalue weighted by Crippen LogP contribution is 2.23. The summed E-state index contributed by atoms with van der Waals surface area (Å²) in [5, 5.41) is 8.93. The van der Waals surface area contributed by atoms with Crippen LogP contribution >= 0.6 is 0 Å². The van der Waals surface area contributed by atoms with Crippen molar-refractivity contribution in [2.45, 2.75) is 19.8 Å². The molecule has 1 rings (SSSR count). The Morgan fingerprint density at radius 3 is 2.86 bits per heavy atom. The second-order valence-corrected chi connectivity index (χ2v) is 4.11. The smallest absolute Gasteiger partial charge is 0.308 e. The maximum atomic E-state index is 10.8. The second kappa shape index (κ2) is 5.15. The van der Waals surface area contributed by atoms with E-state index < -0.39 is 5.97 Å². The van der Waals surface area contributed by atoms with Gasteiger partial charge in [0.05, 0.1) is 5.92 Å². The van der Waals surface area contributed by atoms with Gasteiger partial charge in [0.2, 0.25) is 0 Å². The molecule has 0 aromatic carbocycles. The number of aliphatic carboxylic acids is 1. The molecule has 0 spiro atoms. The molecule has 1 fully saturated rings. The van der Waals surface area contributed by atoms with Gasteiger partial charge in [-0.15, -0.1) is 6.58 Å². The summed E-state index contributed by atoms with van der Waals surface area (Å²) in [4.78, 5) is 13.1.